The molecule has 186 valence electrons. The molecule has 0 spiro atoms. The molecule has 1 aromatic carbocycles. The third kappa shape index (κ3) is 5.52. The number of nitrogens with one attached hydrogen (secondary N) is 1. The fourth-order valence-corrected chi connectivity index (χ4v) is 5.69. The lowest BCUT2D eigenvalue weighted by Crippen LogP contribution is -2.52. The molecule has 0 radical (unpaired) electrons. The molecular weight excluding hydrogens is 430 g/mol. The van der Waals surface area contributed by atoms with E-state index in [1.54, 1.807) is 4.90 Å². The fourth-order valence-electron chi connectivity index (χ4n) is 5.69. The van der Waals surface area contributed by atoms with Gasteiger partial charge in [-0.15, -0.1) is 0 Å². The van der Waals surface area contributed by atoms with E-state index in [1.807, 2.05) is 26.0 Å². The number of piperidine rings is 1. The van der Waals surface area contributed by atoms with E-state index >= 15 is 0 Å². The third-order valence-electron chi connectivity index (χ3n) is 7.48. The Morgan fingerprint density at radius 3 is 2.44 bits per heavy atom. The molecule has 3 atom stereocenters. The highest BCUT2D eigenvalue weighted by molar-refractivity contribution is 5.99. The Morgan fingerprint density at radius 2 is 1.79 bits per heavy atom. The van der Waals surface area contributed by atoms with Crippen LogP contribution >= 0.6 is 0 Å². The maximum Gasteiger partial charge on any atom is 0.251 e. The van der Waals surface area contributed by atoms with Gasteiger partial charge in [0.05, 0.1) is 6.10 Å². The zero-order valence-electron chi connectivity index (χ0n) is 20.8. The number of rotatable bonds is 8. The van der Waals surface area contributed by atoms with Gasteiger partial charge in [-0.1, -0.05) is 32.9 Å². The molecule has 3 heterocycles. The minimum atomic E-state index is -0.651. The van der Waals surface area contributed by atoms with Crippen LogP contribution in [0.2, 0.25) is 0 Å². The third-order valence-corrected chi connectivity index (χ3v) is 7.48. The Morgan fingerprint density at radius 1 is 1.09 bits per heavy atom. The van der Waals surface area contributed by atoms with E-state index in [2.05, 4.69) is 29.3 Å². The summed E-state index contributed by atoms with van der Waals surface area (Å²) in [7, 11) is 0. The lowest BCUT2D eigenvalue weighted by Gasteiger charge is -2.32. The van der Waals surface area contributed by atoms with Gasteiger partial charge in [0.2, 0.25) is 5.91 Å². The maximum absolute atomic E-state index is 13.4. The zero-order chi connectivity index (χ0) is 24.2. The minimum absolute atomic E-state index is 0.0402. The molecule has 0 unspecified atom stereocenters. The normalized spacial score (nSPS) is 24.5. The van der Waals surface area contributed by atoms with Gasteiger partial charge in [0.25, 0.3) is 5.91 Å². The van der Waals surface area contributed by atoms with Crippen molar-refractivity contribution < 1.29 is 19.1 Å². The molecule has 3 aliphatic heterocycles. The molecule has 3 aliphatic rings. The Bertz CT molecular complexity index is 876. The van der Waals surface area contributed by atoms with Gasteiger partial charge < -0.3 is 19.9 Å². The van der Waals surface area contributed by atoms with E-state index in [0.717, 1.165) is 25.9 Å². The van der Waals surface area contributed by atoms with Crippen molar-refractivity contribution in [3.8, 4) is 0 Å². The van der Waals surface area contributed by atoms with Crippen LogP contribution in [-0.2, 0) is 14.3 Å². The van der Waals surface area contributed by atoms with Crippen LogP contribution < -0.4 is 5.32 Å². The number of nitrogens with zero attached hydrogens (tertiary/aromatic N) is 2. The Kier molecular flexibility index (Phi) is 8.04. The summed E-state index contributed by atoms with van der Waals surface area (Å²) >= 11 is 0. The van der Waals surface area contributed by atoms with Crippen LogP contribution in [0.5, 0.6) is 0 Å². The molecule has 0 aliphatic carbocycles. The monoisotopic (exact) mass is 469 g/mol. The Hall–Kier alpha value is -2.25. The number of ether oxygens (including phenoxy) is 1. The maximum atomic E-state index is 13.4. The largest absolute Gasteiger partial charge is 0.368 e. The van der Waals surface area contributed by atoms with Gasteiger partial charge in [-0.3, -0.25) is 14.4 Å². The Balaban J connectivity index is 1.39. The van der Waals surface area contributed by atoms with Crippen LogP contribution in [-0.4, -0.2) is 78.4 Å². The number of carbonyl (C=O) groups excluding carboxylic acids is 3. The summed E-state index contributed by atoms with van der Waals surface area (Å²) in [6, 6.07) is 6.73. The average Bonchev–Trinajstić information content (AvgIpc) is 3.42. The predicted molar refractivity (Wildman–Crippen MR) is 131 cm³/mol. The van der Waals surface area contributed by atoms with Crippen LogP contribution in [0.4, 0.5) is 0 Å². The van der Waals surface area contributed by atoms with Crippen LogP contribution in [0.3, 0.4) is 0 Å². The minimum Gasteiger partial charge on any atom is -0.368 e. The van der Waals surface area contributed by atoms with Gasteiger partial charge in [-0.05, 0) is 81.3 Å². The molecule has 3 saturated heterocycles. The lowest BCUT2D eigenvalue weighted by molar-refractivity contribution is -0.138. The van der Waals surface area contributed by atoms with Crippen LogP contribution in [0.15, 0.2) is 24.3 Å². The van der Waals surface area contributed by atoms with Gasteiger partial charge in [-0.2, -0.15) is 0 Å². The van der Waals surface area contributed by atoms with Gasteiger partial charge in [-0.25, -0.2) is 0 Å². The number of benzene rings is 1. The summed E-state index contributed by atoms with van der Waals surface area (Å²) in [5.41, 5.74) is 1.85. The van der Waals surface area contributed by atoms with Crippen molar-refractivity contribution in [2.45, 2.75) is 77.0 Å². The van der Waals surface area contributed by atoms with Crippen LogP contribution in [0, 0.1) is 5.92 Å². The van der Waals surface area contributed by atoms with Gasteiger partial charge in [0.15, 0.2) is 5.78 Å². The topological polar surface area (TPSA) is 79.0 Å². The second kappa shape index (κ2) is 11.0. The number of hydrogen-bond donors (Lipinski definition) is 1. The van der Waals surface area contributed by atoms with Crippen molar-refractivity contribution >= 4 is 17.6 Å². The summed E-state index contributed by atoms with van der Waals surface area (Å²) in [6.45, 7) is 10.3. The Labute approximate surface area is 203 Å². The van der Waals surface area contributed by atoms with Gasteiger partial charge in [0, 0.05) is 12.1 Å². The van der Waals surface area contributed by atoms with Crippen molar-refractivity contribution in [1.29, 1.82) is 0 Å². The average molecular weight is 470 g/mol. The smallest absolute Gasteiger partial charge is 0.251 e. The van der Waals surface area contributed by atoms with Crippen LogP contribution in [0.25, 0.3) is 0 Å². The number of fused-ring (bicyclic) bond motifs is 1. The fraction of sp³-hybridized carbons (Fsp3) is 0.667. The number of Topliss-reactive ketones (excluding diaryl/α,β-unsaturated/α-hetero) is 1. The number of ketones is 1. The summed E-state index contributed by atoms with van der Waals surface area (Å²) in [4.78, 5) is 42.9. The highest BCUT2D eigenvalue weighted by Gasteiger charge is 2.48. The second-order valence-corrected chi connectivity index (χ2v) is 10.5. The van der Waals surface area contributed by atoms with Gasteiger partial charge in [0.1, 0.15) is 18.7 Å². The summed E-state index contributed by atoms with van der Waals surface area (Å²) in [5.74, 6) is 0.303. The molecule has 1 aromatic rings. The molecule has 7 nitrogen and oxygen atoms in total. The predicted octanol–water partition coefficient (Wildman–Crippen LogP) is 2.99. The standard InChI is InChI=1S/C27H39N3O4/c1-4-12-29-13-9-20(10-14-29)19-5-7-21(8-6-19)26(32)28-22(16-18(2)3)27(33)30-15-11-24-25(30)23(31)17-34-24/h5-8,18,20,22,24-25H,4,9-17H2,1-3H3,(H,28,32)/t22-,24+,25+/m0/s1. The number of carbonyl (C=O) groups is 3. The number of hydrogen-bond acceptors (Lipinski definition) is 5. The lowest BCUT2D eigenvalue weighted by atomic mass is 9.89. The zero-order valence-corrected chi connectivity index (χ0v) is 20.8. The molecule has 0 aromatic heterocycles. The van der Waals surface area contributed by atoms with Crippen molar-refractivity contribution in [3.63, 3.8) is 0 Å². The first kappa shape index (κ1) is 24.9. The van der Waals surface area contributed by atoms with Crippen molar-refractivity contribution in [2.75, 3.05) is 32.8 Å². The van der Waals surface area contributed by atoms with E-state index in [0.29, 0.717) is 30.9 Å². The molecule has 34 heavy (non-hydrogen) atoms. The molecule has 2 amide bonds. The molecule has 7 heteroatoms. The molecule has 1 N–H and O–H groups in total. The van der Waals surface area contributed by atoms with Crippen molar-refractivity contribution in [1.82, 2.24) is 15.1 Å². The van der Waals surface area contributed by atoms with Gasteiger partial charge >= 0.3 is 0 Å². The summed E-state index contributed by atoms with van der Waals surface area (Å²) < 4.78 is 5.53. The first-order chi connectivity index (χ1) is 16.4. The number of amides is 2. The first-order valence-electron chi connectivity index (χ1n) is 12.9. The SMILES string of the molecule is CCCN1CCC(c2ccc(C(=O)N[C@@H](CC(C)C)C(=O)N3CC[C@H]4OCC(=O)[C@H]43)cc2)CC1. The molecule has 0 saturated carbocycles. The van der Waals surface area contributed by atoms with E-state index in [-0.39, 0.29) is 36.2 Å². The molecule has 4 rings (SSSR count). The van der Waals surface area contributed by atoms with E-state index in [9.17, 15) is 14.4 Å². The molecule has 0 bridgehead atoms. The van der Waals surface area contributed by atoms with E-state index in [4.69, 9.17) is 4.74 Å². The van der Waals surface area contributed by atoms with Crippen molar-refractivity contribution in [3.05, 3.63) is 35.4 Å². The molecule has 3 fully saturated rings. The first-order valence-corrected chi connectivity index (χ1v) is 12.9. The van der Waals surface area contributed by atoms with Crippen LogP contribution in [0.1, 0.15) is 74.7 Å². The quantitative estimate of drug-likeness (QED) is 0.633. The van der Waals surface area contributed by atoms with Crippen molar-refractivity contribution in [2.24, 2.45) is 5.92 Å². The van der Waals surface area contributed by atoms with E-state index < -0.39 is 12.1 Å². The highest BCUT2D eigenvalue weighted by atomic mass is 16.5. The highest BCUT2D eigenvalue weighted by Crippen LogP contribution is 2.29. The number of likely N-dealkylation sites (tertiary alicyclic amines) is 2. The summed E-state index contributed by atoms with van der Waals surface area (Å²) in [6.07, 6.45) is 4.49. The molecular formula is C27H39N3O4. The summed E-state index contributed by atoms with van der Waals surface area (Å²) in [5, 5.41) is 2.97. The van der Waals surface area contributed by atoms with E-state index in [1.165, 1.54) is 18.5 Å². The second-order valence-electron chi connectivity index (χ2n) is 10.5.